The molecule has 1 aliphatic heterocycles. The van der Waals surface area contributed by atoms with E-state index in [1.165, 1.54) is 0 Å². The van der Waals surface area contributed by atoms with Crippen LogP contribution in [-0.4, -0.2) is 31.1 Å². The highest BCUT2D eigenvalue weighted by Gasteiger charge is 2.27. The van der Waals surface area contributed by atoms with Crippen molar-refractivity contribution in [1.82, 2.24) is 0 Å². The van der Waals surface area contributed by atoms with Gasteiger partial charge < -0.3 is 9.47 Å². The summed E-state index contributed by atoms with van der Waals surface area (Å²) in [7, 11) is 0. The summed E-state index contributed by atoms with van der Waals surface area (Å²) in [5.41, 5.74) is 0. The van der Waals surface area contributed by atoms with E-state index in [2.05, 4.69) is 0 Å². The van der Waals surface area contributed by atoms with E-state index in [-0.39, 0.29) is 12.2 Å². The average molecular weight is 172 g/mol. The highest BCUT2D eigenvalue weighted by molar-refractivity contribution is 5.86. The topological polar surface area (TPSA) is 52.6 Å². The summed E-state index contributed by atoms with van der Waals surface area (Å²) in [6.45, 7) is 2.39. The molecule has 0 aromatic rings. The fourth-order valence-electron chi connectivity index (χ4n) is 1.07. The zero-order valence-corrected chi connectivity index (χ0v) is 7.04. The Bertz CT molecular complexity index is 187. The number of rotatable bonds is 2. The third kappa shape index (κ3) is 2.30. The van der Waals surface area contributed by atoms with Crippen LogP contribution < -0.4 is 0 Å². The summed E-state index contributed by atoms with van der Waals surface area (Å²) in [6.07, 6.45) is -0.0828. The van der Waals surface area contributed by atoms with Crippen molar-refractivity contribution in [2.45, 2.75) is 25.9 Å². The molecule has 0 unspecified atom stereocenters. The summed E-state index contributed by atoms with van der Waals surface area (Å²) in [5.74, 6) is -0.357. The van der Waals surface area contributed by atoms with Crippen LogP contribution in [0, 0.1) is 0 Å². The molecule has 1 fully saturated rings. The van der Waals surface area contributed by atoms with Crippen LogP contribution >= 0.6 is 0 Å². The van der Waals surface area contributed by atoms with Gasteiger partial charge in [-0.05, 0) is 6.92 Å². The summed E-state index contributed by atoms with van der Waals surface area (Å²) < 4.78 is 9.78. The monoisotopic (exact) mass is 172 g/mol. The number of Topliss-reactive ketones (excluding diaryl/α,β-unsaturated/α-hetero) is 1. The Hall–Kier alpha value is -0.900. The second-order valence-electron chi connectivity index (χ2n) is 2.60. The van der Waals surface area contributed by atoms with Gasteiger partial charge in [0, 0.05) is 12.8 Å². The Balaban J connectivity index is 2.40. The van der Waals surface area contributed by atoms with Crippen molar-refractivity contribution in [2.24, 2.45) is 0 Å². The van der Waals surface area contributed by atoms with E-state index in [1.54, 1.807) is 6.92 Å². The number of ether oxygens (including phenoxy) is 2. The van der Waals surface area contributed by atoms with Gasteiger partial charge >= 0.3 is 5.97 Å². The molecule has 1 atom stereocenters. The van der Waals surface area contributed by atoms with Gasteiger partial charge in [0.2, 0.25) is 0 Å². The third-order valence-corrected chi connectivity index (χ3v) is 1.66. The zero-order valence-electron chi connectivity index (χ0n) is 7.04. The minimum atomic E-state index is -0.661. The summed E-state index contributed by atoms with van der Waals surface area (Å²) in [5, 5.41) is 0. The molecule has 1 aliphatic rings. The molecule has 0 aromatic carbocycles. The molecular weight excluding hydrogens is 160 g/mol. The predicted octanol–water partition coefficient (Wildman–Crippen LogP) is 0.298. The number of hydrogen-bond acceptors (Lipinski definition) is 4. The minimum Gasteiger partial charge on any atom is -0.464 e. The van der Waals surface area contributed by atoms with Crippen LogP contribution in [0.2, 0.25) is 0 Å². The summed E-state index contributed by atoms with van der Waals surface area (Å²) >= 11 is 0. The first-order valence-corrected chi connectivity index (χ1v) is 4.04. The van der Waals surface area contributed by atoms with Gasteiger partial charge in [-0.1, -0.05) is 0 Å². The van der Waals surface area contributed by atoms with Crippen LogP contribution in [0.1, 0.15) is 19.8 Å². The normalized spacial score (nSPS) is 23.8. The van der Waals surface area contributed by atoms with Crippen molar-refractivity contribution in [3.63, 3.8) is 0 Å². The standard InChI is InChI=1S/C8H12O4/c1-2-11-8(10)7-5-6(9)3-4-12-7/h7H,2-5H2,1H3/t7-/m1/s1. The molecule has 0 saturated carbocycles. The quantitative estimate of drug-likeness (QED) is 0.562. The Kier molecular flexibility index (Phi) is 3.22. The molecule has 0 N–H and O–H groups in total. The first-order valence-electron chi connectivity index (χ1n) is 4.04. The molecule has 68 valence electrons. The van der Waals surface area contributed by atoms with Crippen LogP contribution in [0.3, 0.4) is 0 Å². The molecule has 4 heteroatoms. The second kappa shape index (κ2) is 4.21. The van der Waals surface area contributed by atoms with Crippen molar-refractivity contribution in [3.05, 3.63) is 0 Å². The second-order valence-corrected chi connectivity index (χ2v) is 2.60. The van der Waals surface area contributed by atoms with E-state index in [4.69, 9.17) is 9.47 Å². The Morgan fingerprint density at radius 3 is 3.08 bits per heavy atom. The molecule has 4 nitrogen and oxygen atoms in total. The average Bonchev–Trinajstić information content (AvgIpc) is 2.05. The van der Waals surface area contributed by atoms with Crippen LogP contribution in [0.25, 0.3) is 0 Å². The number of hydrogen-bond donors (Lipinski definition) is 0. The molecule has 0 radical (unpaired) electrons. The Labute approximate surface area is 70.8 Å². The van der Waals surface area contributed by atoms with Crippen LogP contribution in [0.4, 0.5) is 0 Å². The van der Waals surface area contributed by atoms with E-state index in [1.807, 2.05) is 0 Å². The van der Waals surface area contributed by atoms with Gasteiger partial charge in [0.1, 0.15) is 5.78 Å². The molecular formula is C8H12O4. The SMILES string of the molecule is CCOC(=O)[C@H]1CC(=O)CCO1. The fraction of sp³-hybridized carbons (Fsp3) is 0.750. The molecule has 0 bridgehead atoms. The fourth-order valence-corrected chi connectivity index (χ4v) is 1.07. The molecule has 1 rings (SSSR count). The van der Waals surface area contributed by atoms with E-state index < -0.39 is 12.1 Å². The molecule has 12 heavy (non-hydrogen) atoms. The maximum atomic E-state index is 11.0. The van der Waals surface area contributed by atoms with Crippen molar-refractivity contribution < 1.29 is 19.1 Å². The van der Waals surface area contributed by atoms with Crippen LogP contribution in [0.5, 0.6) is 0 Å². The van der Waals surface area contributed by atoms with Gasteiger partial charge in [-0.3, -0.25) is 4.79 Å². The molecule has 0 spiro atoms. The highest BCUT2D eigenvalue weighted by Crippen LogP contribution is 2.10. The van der Waals surface area contributed by atoms with Gasteiger partial charge in [-0.25, -0.2) is 4.79 Å². The maximum absolute atomic E-state index is 11.0. The maximum Gasteiger partial charge on any atom is 0.335 e. The van der Waals surface area contributed by atoms with E-state index in [0.29, 0.717) is 19.6 Å². The smallest absolute Gasteiger partial charge is 0.335 e. The predicted molar refractivity (Wildman–Crippen MR) is 40.6 cm³/mol. The lowest BCUT2D eigenvalue weighted by Crippen LogP contribution is -2.33. The lowest BCUT2D eigenvalue weighted by molar-refractivity contribution is -0.162. The zero-order chi connectivity index (χ0) is 8.97. The van der Waals surface area contributed by atoms with Crippen LogP contribution in [0.15, 0.2) is 0 Å². The molecule has 0 amide bonds. The van der Waals surface area contributed by atoms with Crippen molar-refractivity contribution in [3.8, 4) is 0 Å². The largest absolute Gasteiger partial charge is 0.464 e. The van der Waals surface area contributed by atoms with E-state index >= 15 is 0 Å². The molecule has 1 saturated heterocycles. The minimum absolute atomic E-state index is 0.0688. The lowest BCUT2D eigenvalue weighted by Gasteiger charge is -2.19. The van der Waals surface area contributed by atoms with Gasteiger partial charge in [0.05, 0.1) is 13.2 Å². The van der Waals surface area contributed by atoms with E-state index in [0.717, 1.165) is 0 Å². The van der Waals surface area contributed by atoms with Crippen LogP contribution in [-0.2, 0) is 19.1 Å². The van der Waals surface area contributed by atoms with Crippen molar-refractivity contribution >= 4 is 11.8 Å². The van der Waals surface area contributed by atoms with Crippen molar-refractivity contribution in [2.75, 3.05) is 13.2 Å². The molecule has 0 aromatic heterocycles. The van der Waals surface area contributed by atoms with Crippen molar-refractivity contribution in [1.29, 1.82) is 0 Å². The first-order chi connectivity index (χ1) is 5.74. The Morgan fingerprint density at radius 2 is 2.50 bits per heavy atom. The number of ketones is 1. The number of carbonyl (C=O) groups excluding carboxylic acids is 2. The molecule has 1 heterocycles. The first kappa shape index (κ1) is 9.19. The van der Waals surface area contributed by atoms with Gasteiger partial charge in [0.15, 0.2) is 6.10 Å². The number of esters is 1. The van der Waals surface area contributed by atoms with Gasteiger partial charge in [0.25, 0.3) is 0 Å². The number of carbonyl (C=O) groups is 2. The lowest BCUT2D eigenvalue weighted by atomic mass is 10.1. The van der Waals surface area contributed by atoms with E-state index in [9.17, 15) is 9.59 Å². The van der Waals surface area contributed by atoms with Gasteiger partial charge in [-0.2, -0.15) is 0 Å². The Morgan fingerprint density at radius 1 is 1.75 bits per heavy atom. The summed E-state index contributed by atoms with van der Waals surface area (Å²) in [6, 6.07) is 0. The molecule has 0 aliphatic carbocycles. The highest BCUT2D eigenvalue weighted by atomic mass is 16.6. The van der Waals surface area contributed by atoms with Gasteiger partial charge in [-0.15, -0.1) is 0 Å². The third-order valence-electron chi connectivity index (χ3n) is 1.66. The summed E-state index contributed by atoms with van der Waals surface area (Å²) in [4.78, 5) is 21.9.